The Morgan fingerprint density at radius 1 is 1.20 bits per heavy atom. The predicted octanol–water partition coefficient (Wildman–Crippen LogP) is -0.293. The molecule has 0 aromatic rings. The number of rotatable bonds is 0. The average molecular weight is 75.1 g/mol. The lowest BCUT2D eigenvalue weighted by atomic mass is 9.79. The highest BCUT2D eigenvalue weighted by atomic mass is 16.4. The van der Waals surface area contributed by atoms with Crippen molar-refractivity contribution in [2.45, 2.75) is 19.6 Å². The molecule has 0 aromatic heterocycles. The Bertz CT molecular complexity index is 20.4. The van der Waals surface area contributed by atoms with Crippen molar-refractivity contribution in [1.82, 2.24) is 0 Å². The molecule has 2 N–H and O–H groups in total. The van der Waals surface area contributed by atoms with E-state index in [-0.39, 0.29) is 0 Å². The topological polar surface area (TPSA) is 40.5 Å². The van der Waals surface area contributed by atoms with Crippen LogP contribution in [0.3, 0.4) is 0 Å². The van der Waals surface area contributed by atoms with Gasteiger partial charge in [0.25, 0.3) is 0 Å². The van der Waals surface area contributed by atoms with E-state index in [1.165, 1.54) is 13.8 Å². The summed E-state index contributed by atoms with van der Waals surface area (Å²) in [4.78, 5) is 0. The quantitative estimate of drug-likeness (QED) is 0.388. The largest absolute Gasteiger partial charge is 0.366 e. The highest BCUT2D eigenvalue weighted by Gasteiger charge is 2.00. The zero-order valence-electron chi connectivity index (χ0n) is 3.39. The van der Waals surface area contributed by atoms with Crippen LogP contribution in [-0.4, -0.2) is 16.0 Å². The van der Waals surface area contributed by atoms with Crippen molar-refractivity contribution in [2.75, 3.05) is 0 Å². The molecule has 0 aliphatic heterocycles. The first kappa shape index (κ1) is 4.92. The molecule has 0 amide bonds. The summed E-state index contributed by atoms with van der Waals surface area (Å²) in [6, 6.07) is 0. The highest BCUT2D eigenvalue weighted by molar-refractivity contribution is 4.37. The van der Waals surface area contributed by atoms with Crippen LogP contribution < -0.4 is 0 Å². The molecule has 0 bridgehead atoms. The summed E-state index contributed by atoms with van der Waals surface area (Å²) >= 11 is 0. The normalized spacial score (nSPS) is 12.0. The molecular formula is C3H8O2. The van der Waals surface area contributed by atoms with Gasteiger partial charge in [-0.25, -0.2) is 0 Å². The van der Waals surface area contributed by atoms with E-state index in [1.807, 2.05) is 0 Å². The second-order valence-electron chi connectivity index (χ2n) is 1.49. The third kappa shape index (κ3) is 2260. The van der Waals surface area contributed by atoms with Crippen LogP contribution >= 0.6 is 0 Å². The van der Waals surface area contributed by atoms with Gasteiger partial charge >= 0.3 is 0 Å². The SMILES string of the molecule is C[11C](C)(O)O. The molecule has 0 saturated heterocycles. The molecule has 2 nitrogen and oxygen atoms in total. The third-order valence-electron chi connectivity index (χ3n) is 0. The molecular weight excluding hydrogens is 67.0 g/mol. The Balaban J connectivity index is 3.02. The minimum Gasteiger partial charge on any atom is -0.366 e. The molecule has 0 heterocycles. The van der Waals surface area contributed by atoms with Crippen LogP contribution in [0, 0.1) is 0 Å². The maximum absolute atomic E-state index is 8.08. The van der Waals surface area contributed by atoms with Gasteiger partial charge < -0.3 is 10.2 Å². The van der Waals surface area contributed by atoms with Gasteiger partial charge in [-0.3, -0.25) is 0 Å². The number of hydrogen-bond acceptors (Lipinski definition) is 2. The van der Waals surface area contributed by atoms with Crippen LogP contribution in [0.2, 0.25) is 0 Å². The Morgan fingerprint density at radius 2 is 1.20 bits per heavy atom. The van der Waals surface area contributed by atoms with Crippen molar-refractivity contribution >= 4 is 0 Å². The lowest BCUT2D eigenvalue weighted by molar-refractivity contribution is -0.127. The molecule has 2 heteroatoms. The van der Waals surface area contributed by atoms with Crippen LogP contribution in [0.25, 0.3) is 0 Å². The third-order valence-corrected chi connectivity index (χ3v) is 0. The molecule has 0 rings (SSSR count). The lowest BCUT2D eigenvalue weighted by Crippen LogP contribution is -2.15. The van der Waals surface area contributed by atoms with Gasteiger partial charge in [0.05, 0.1) is 0 Å². The molecule has 0 atom stereocenters. The second kappa shape index (κ2) is 0.954. The van der Waals surface area contributed by atoms with Crippen LogP contribution in [-0.2, 0) is 0 Å². The molecule has 0 aliphatic carbocycles. The molecule has 0 aliphatic rings. The monoisotopic (exact) mass is 75.1 g/mol. The van der Waals surface area contributed by atoms with Crippen molar-refractivity contribution in [3.05, 3.63) is 0 Å². The Labute approximate surface area is 31.1 Å². The molecule has 0 saturated carbocycles. The minimum absolute atomic E-state index is 1.30. The van der Waals surface area contributed by atoms with Crippen molar-refractivity contribution in [3.63, 3.8) is 0 Å². The van der Waals surface area contributed by atoms with E-state index in [0.717, 1.165) is 0 Å². The molecule has 0 fully saturated rings. The maximum atomic E-state index is 8.08. The van der Waals surface area contributed by atoms with Crippen LogP contribution in [0.1, 0.15) is 13.8 Å². The summed E-state index contributed by atoms with van der Waals surface area (Å²) in [7, 11) is 0. The van der Waals surface area contributed by atoms with Crippen LogP contribution in [0.5, 0.6) is 0 Å². The molecule has 0 unspecified atom stereocenters. The number of aliphatic hydroxyl groups is 2. The molecule has 0 spiro atoms. The first-order valence-electron chi connectivity index (χ1n) is 1.45. The fourth-order valence-electron chi connectivity index (χ4n) is 0. The summed E-state index contributed by atoms with van der Waals surface area (Å²) in [5.41, 5.74) is 0. The summed E-state index contributed by atoms with van der Waals surface area (Å²) in [5.74, 6) is -1.50. The molecule has 5 heavy (non-hydrogen) atoms. The summed E-state index contributed by atoms with van der Waals surface area (Å²) < 4.78 is 0. The zero-order valence-corrected chi connectivity index (χ0v) is 3.39. The highest BCUT2D eigenvalue weighted by Crippen LogP contribution is 1.88. The van der Waals surface area contributed by atoms with Gasteiger partial charge in [0.1, 0.15) is 0 Å². The average Bonchev–Trinajstić information content (AvgIpc) is 0.722. The van der Waals surface area contributed by atoms with E-state index in [2.05, 4.69) is 0 Å². The summed E-state index contributed by atoms with van der Waals surface area (Å²) in [5, 5.41) is 16.2. The minimum atomic E-state index is -1.50. The van der Waals surface area contributed by atoms with Gasteiger partial charge in [-0.2, -0.15) is 0 Å². The van der Waals surface area contributed by atoms with Gasteiger partial charge in [-0.1, -0.05) is 0 Å². The van der Waals surface area contributed by atoms with Crippen molar-refractivity contribution < 1.29 is 10.2 Å². The van der Waals surface area contributed by atoms with Crippen LogP contribution in [0.4, 0.5) is 0 Å². The van der Waals surface area contributed by atoms with Gasteiger partial charge in [0.15, 0.2) is 5.79 Å². The van der Waals surface area contributed by atoms with Crippen molar-refractivity contribution in [3.8, 4) is 0 Å². The molecule has 0 aromatic carbocycles. The smallest absolute Gasteiger partial charge is 0.156 e. The van der Waals surface area contributed by atoms with E-state index in [0.29, 0.717) is 0 Å². The maximum Gasteiger partial charge on any atom is 0.156 e. The van der Waals surface area contributed by atoms with E-state index in [4.69, 9.17) is 10.2 Å². The van der Waals surface area contributed by atoms with Gasteiger partial charge in [-0.15, -0.1) is 0 Å². The van der Waals surface area contributed by atoms with E-state index in [9.17, 15) is 0 Å². The first-order chi connectivity index (χ1) is 2.00. The molecule has 32 valence electrons. The van der Waals surface area contributed by atoms with E-state index < -0.39 is 5.79 Å². The Kier molecular flexibility index (Phi) is 0.938. The van der Waals surface area contributed by atoms with Crippen molar-refractivity contribution in [2.24, 2.45) is 0 Å². The zero-order chi connectivity index (χ0) is 4.50. The number of hydrogen-bond donors (Lipinski definition) is 2. The van der Waals surface area contributed by atoms with E-state index in [1.54, 1.807) is 0 Å². The fraction of sp³-hybridized carbons (Fsp3) is 1.00. The Morgan fingerprint density at radius 3 is 1.20 bits per heavy atom. The predicted molar refractivity (Wildman–Crippen MR) is 18.5 cm³/mol. The van der Waals surface area contributed by atoms with Crippen LogP contribution in [0.15, 0.2) is 0 Å². The van der Waals surface area contributed by atoms with Crippen molar-refractivity contribution in [1.29, 1.82) is 0 Å². The Hall–Kier alpha value is -0.0800. The second-order valence-corrected chi connectivity index (χ2v) is 1.49. The lowest BCUT2D eigenvalue weighted by Gasteiger charge is -2.03. The van der Waals surface area contributed by atoms with E-state index >= 15 is 0 Å². The molecule has 0 radical (unpaired) electrons. The van der Waals surface area contributed by atoms with Gasteiger partial charge in [0.2, 0.25) is 0 Å². The first-order valence-corrected chi connectivity index (χ1v) is 1.45. The fourth-order valence-corrected chi connectivity index (χ4v) is 0. The standard InChI is InChI=1S/C3H8O2/c1-3(2,4)5/h4-5H,1-2H3/i3-1. The van der Waals surface area contributed by atoms with Gasteiger partial charge in [-0.05, 0) is 13.8 Å². The summed E-state index contributed by atoms with van der Waals surface area (Å²) in [6.07, 6.45) is 0. The summed E-state index contributed by atoms with van der Waals surface area (Å²) in [6.45, 7) is 2.60. The van der Waals surface area contributed by atoms with Gasteiger partial charge in [0, 0.05) is 0 Å².